The molecule has 0 aliphatic carbocycles. The van der Waals surface area contributed by atoms with Crippen LogP contribution < -0.4 is 0 Å². The minimum Gasteiger partial charge on any atom is -0.308 e. The quantitative estimate of drug-likeness (QED) is 0.174. The van der Waals surface area contributed by atoms with Gasteiger partial charge in [-0.25, -0.2) is 8.78 Å². The first kappa shape index (κ1) is 33.3. The average molecular weight is 726 g/mol. The Bertz CT molecular complexity index is 3060. The molecule has 0 N–H and O–H groups in total. The molecule has 8 aromatic carbocycles. The van der Waals surface area contributed by atoms with Crippen LogP contribution in [0, 0.1) is 36.8 Å². The van der Waals surface area contributed by atoms with Crippen LogP contribution in [0.2, 0.25) is 0 Å². The topological polar surface area (TPSA) is 33.6 Å². The smallest absolute Gasteiger partial charge is 0.133 e. The Morgan fingerprint density at radius 2 is 0.857 bits per heavy atom. The fourth-order valence-corrected chi connectivity index (χ4v) is 8.59. The molecular weight excluding hydrogens is 693 g/mol. The summed E-state index contributed by atoms with van der Waals surface area (Å²) < 4.78 is 36.0. The van der Waals surface area contributed by atoms with Crippen LogP contribution in [0.4, 0.5) is 8.78 Å². The van der Waals surface area contributed by atoms with Crippen LogP contribution in [-0.4, -0.2) is 9.13 Å². The summed E-state index contributed by atoms with van der Waals surface area (Å²) in [4.78, 5) is 0. The molecule has 0 fully saturated rings. The monoisotopic (exact) mass is 725 g/mol. The number of nitrogens with zero attached hydrogens (tertiary/aromatic N) is 3. The second-order valence-electron chi connectivity index (χ2n) is 14.4. The van der Waals surface area contributed by atoms with Crippen LogP contribution in [0.3, 0.4) is 0 Å². The summed E-state index contributed by atoms with van der Waals surface area (Å²) in [5.41, 5.74) is 11.7. The summed E-state index contributed by atoms with van der Waals surface area (Å²) in [7, 11) is 0. The van der Waals surface area contributed by atoms with Gasteiger partial charge in [-0.2, -0.15) is 5.26 Å². The van der Waals surface area contributed by atoms with E-state index in [0.717, 1.165) is 77.0 Å². The van der Waals surface area contributed by atoms with Gasteiger partial charge in [0.15, 0.2) is 0 Å². The molecule has 0 saturated heterocycles. The first-order valence-corrected chi connectivity index (χ1v) is 18.6. The third kappa shape index (κ3) is 5.07. The number of halogens is 2. The molecule has 2 aromatic heterocycles. The Hall–Kier alpha value is -7.29. The molecule has 0 aliphatic heterocycles. The largest absolute Gasteiger partial charge is 0.308 e. The van der Waals surface area contributed by atoms with Crippen molar-refractivity contribution in [3.8, 4) is 50.8 Å². The normalized spacial score (nSPS) is 11.6. The molecule has 10 rings (SSSR count). The Kier molecular flexibility index (Phi) is 7.69. The maximum Gasteiger partial charge on any atom is 0.133 e. The fraction of sp³-hybridized carbons (Fsp3) is 0.0392. The predicted molar refractivity (Wildman–Crippen MR) is 226 cm³/mol. The molecular formula is C51H33F2N3. The van der Waals surface area contributed by atoms with E-state index in [4.69, 9.17) is 0 Å². The zero-order chi connectivity index (χ0) is 38.1. The maximum absolute atomic E-state index is 15.9. The molecule has 266 valence electrons. The molecule has 0 radical (unpaired) electrons. The minimum atomic E-state index is -0.681. The molecule has 3 nitrogen and oxygen atoms in total. The van der Waals surface area contributed by atoms with Crippen molar-refractivity contribution >= 4 is 43.6 Å². The summed E-state index contributed by atoms with van der Waals surface area (Å²) in [6.07, 6.45) is 0. The third-order valence-electron chi connectivity index (χ3n) is 11.2. The molecule has 2 heterocycles. The number of hydrogen-bond donors (Lipinski definition) is 0. The molecule has 56 heavy (non-hydrogen) atoms. The van der Waals surface area contributed by atoms with Gasteiger partial charge in [-0.05, 0) is 101 Å². The van der Waals surface area contributed by atoms with E-state index in [1.54, 1.807) is 12.1 Å². The number of benzene rings is 8. The molecule has 0 bridgehead atoms. The standard InChI is InChI=1S/C51H33F2N3/c1-31-12-3-5-14-36(31)33-22-24-40-38-16-7-9-20-45(38)55(47(40)26-33)49-28-35(51-43(52)18-11-19-44(51)53)29-50(42(49)30-54)56-46-21-10-8-17-39(46)41-25-23-34(27-48(41)56)37-15-6-4-13-32(37)2/h3-29H,1-2H3. The van der Waals surface area contributed by atoms with Gasteiger partial charge in [0.25, 0.3) is 0 Å². The van der Waals surface area contributed by atoms with Crippen LogP contribution >= 0.6 is 0 Å². The number of fused-ring (bicyclic) bond motifs is 6. The zero-order valence-corrected chi connectivity index (χ0v) is 30.7. The number of nitriles is 1. The summed E-state index contributed by atoms with van der Waals surface area (Å²) in [6.45, 7) is 4.19. The molecule has 0 spiro atoms. The summed E-state index contributed by atoms with van der Waals surface area (Å²) in [6, 6.07) is 55.6. The predicted octanol–water partition coefficient (Wildman–Crippen LogP) is 13.6. The number of aromatic nitrogens is 2. The van der Waals surface area contributed by atoms with Crippen LogP contribution in [0.25, 0.3) is 88.4 Å². The highest BCUT2D eigenvalue weighted by molar-refractivity contribution is 6.12. The molecule has 0 amide bonds. The van der Waals surface area contributed by atoms with E-state index in [1.165, 1.54) is 18.2 Å². The van der Waals surface area contributed by atoms with E-state index < -0.39 is 11.6 Å². The third-order valence-corrected chi connectivity index (χ3v) is 11.2. The van der Waals surface area contributed by atoms with Crippen molar-refractivity contribution < 1.29 is 8.78 Å². The van der Waals surface area contributed by atoms with E-state index in [9.17, 15) is 5.26 Å². The molecule has 10 aromatic rings. The van der Waals surface area contributed by atoms with Crippen molar-refractivity contribution in [3.63, 3.8) is 0 Å². The van der Waals surface area contributed by atoms with Crippen LogP contribution in [0.15, 0.2) is 164 Å². The van der Waals surface area contributed by atoms with Crippen molar-refractivity contribution in [3.05, 3.63) is 192 Å². The van der Waals surface area contributed by atoms with Gasteiger partial charge >= 0.3 is 0 Å². The highest BCUT2D eigenvalue weighted by Gasteiger charge is 2.24. The van der Waals surface area contributed by atoms with Gasteiger partial charge in [0.2, 0.25) is 0 Å². The van der Waals surface area contributed by atoms with E-state index in [0.29, 0.717) is 22.5 Å². The van der Waals surface area contributed by atoms with Gasteiger partial charge in [-0.15, -0.1) is 0 Å². The molecule has 5 heteroatoms. The van der Waals surface area contributed by atoms with Gasteiger partial charge in [-0.3, -0.25) is 0 Å². The minimum absolute atomic E-state index is 0.151. The van der Waals surface area contributed by atoms with Crippen LogP contribution in [0.1, 0.15) is 16.7 Å². The van der Waals surface area contributed by atoms with Gasteiger partial charge in [0.05, 0.1) is 39.0 Å². The van der Waals surface area contributed by atoms with E-state index >= 15 is 8.78 Å². The Labute approximate surface area is 322 Å². The molecule has 0 saturated carbocycles. The Morgan fingerprint density at radius 1 is 0.429 bits per heavy atom. The molecule has 0 aliphatic rings. The van der Waals surface area contributed by atoms with E-state index in [-0.39, 0.29) is 5.56 Å². The van der Waals surface area contributed by atoms with Crippen LogP contribution in [0.5, 0.6) is 0 Å². The molecule has 0 atom stereocenters. The zero-order valence-electron chi connectivity index (χ0n) is 30.7. The lowest BCUT2D eigenvalue weighted by Crippen LogP contribution is -2.06. The first-order chi connectivity index (χ1) is 27.4. The number of hydrogen-bond acceptors (Lipinski definition) is 1. The number of rotatable bonds is 5. The second kappa shape index (κ2) is 12.9. The SMILES string of the molecule is Cc1ccccc1-c1ccc2c3ccccc3n(-c3cc(-c4c(F)cccc4F)cc(-n4c5ccccc5c5ccc(-c6ccccc6C)cc54)c3C#N)c2c1. The Balaban J connectivity index is 1.36. The Morgan fingerprint density at radius 3 is 1.32 bits per heavy atom. The van der Waals surface area contributed by atoms with Crippen molar-refractivity contribution in [2.24, 2.45) is 0 Å². The molecule has 0 unspecified atom stereocenters. The van der Waals surface area contributed by atoms with E-state index in [1.807, 2.05) is 60.7 Å². The fourth-order valence-electron chi connectivity index (χ4n) is 8.59. The van der Waals surface area contributed by atoms with Gasteiger partial charge in [0, 0.05) is 21.5 Å². The van der Waals surface area contributed by atoms with E-state index in [2.05, 4.69) is 102 Å². The second-order valence-corrected chi connectivity index (χ2v) is 14.4. The first-order valence-electron chi connectivity index (χ1n) is 18.6. The lowest BCUT2D eigenvalue weighted by Gasteiger charge is -2.19. The lowest BCUT2D eigenvalue weighted by atomic mass is 9.98. The number of aryl methyl sites for hydroxylation is 2. The number of para-hydroxylation sites is 2. The summed E-state index contributed by atoms with van der Waals surface area (Å²) in [5.74, 6) is -1.36. The van der Waals surface area contributed by atoms with Gasteiger partial charge < -0.3 is 9.13 Å². The van der Waals surface area contributed by atoms with Crippen molar-refractivity contribution in [2.45, 2.75) is 13.8 Å². The summed E-state index contributed by atoms with van der Waals surface area (Å²) in [5, 5.41) is 15.4. The van der Waals surface area contributed by atoms with Gasteiger partial charge in [0.1, 0.15) is 23.3 Å². The van der Waals surface area contributed by atoms with Crippen molar-refractivity contribution in [1.82, 2.24) is 9.13 Å². The van der Waals surface area contributed by atoms with Gasteiger partial charge in [-0.1, -0.05) is 115 Å². The highest BCUT2D eigenvalue weighted by Crippen LogP contribution is 2.42. The van der Waals surface area contributed by atoms with Crippen LogP contribution in [-0.2, 0) is 0 Å². The summed E-state index contributed by atoms with van der Waals surface area (Å²) >= 11 is 0. The van der Waals surface area contributed by atoms with Crippen molar-refractivity contribution in [2.75, 3.05) is 0 Å². The highest BCUT2D eigenvalue weighted by atomic mass is 19.1. The van der Waals surface area contributed by atoms with Crippen molar-refractivity contribution in [1.29, 1.82) is 5.26 Å². The average Bonchev–Trinajstić information content (AvgIpc) is 3.73. The maximum atomic E-state index is 15.9. The lowest BCUT2D eigenvalue weighted by molar-refractivity contribution is 0.589.